The van der Waals surface area contributed by atoms with E-state index in [1.165, 1.54) is 12.7 Å². The van der Waals surface area contributed by atoms with Crippen molar-refractivity contribution in [1.82, 2.24) is 10.3 Å². The molecule has 0 atom stereocenters. The van der Waals surface area contributed by atoms with Crippen molar-refractivity contribution >= 4 is 25.7 Å². The Labute approximate surface area is 222 Å². The van der Waals surface area contributed by atoms with E-state index in [9.17, 15) is 4.79 Å². The molecule has 0 unspecified atom stereocenters. The minimum Gasteiger partial charge on any atom is -0.469 e. The molecule has 37 heavy (non-hydrogen) atoms. The van der Waals surface area contributed by atoms with Crippen LogP contribution in [0.15, 0.2) is 47.6 Å². The van der Waals surface area contributed by atoms with Crippen molar-refractivity contribution in [2.75, 3.05) is 20.4 Å². The summed E-state index contributed by atoms with van der Waals surface area (Å²) in [6, 6.07) is 13.6. The number of hydrogen-bond acceptors (Lipinski definition) is 5. The van der Waals surface area contributed by atoms with Crippen molar-refractivity contribution in [3.05, 3.63) is 53.7 Å². The Morgan fingerprint density at radius 2 is 1.81 bits per heavy atom. The van der Waals surface area contributed by atoms with Crippen molar-refractivity contribution in [2.45, 2.75) is 70.6 Å². The highest BCUT2D eigenvalue weighted by molar-refractivity contribution is 6.76. The summed E-state index contributed by atoms with van der Waals surface area (Å²) < 4.78 is 10.5. The summed E-state index contributed by atoms with van der Waals surface area (Å²) >= 11 is 0. The van der Waals surface area contributed by atoms with Crippen LogP contribution in [-0.4, -0.2) is 51.1 Å². The number of benzene rings is 1. The Morgan fingerprint density at radius 1 is 1.11 bits per heavy atom. The highest BCUT2D eigenvalue weighted by Crippen LogP contribution is 2.37. The van der Waals surface area contributed by atoms with Gasteiger partial charge in [0.25, 0.3) is 0 Å². The molecule has 0 radical (unpaired) electrons. The van der Waals surface area contributed by atoms with Crippen LogP contribution in [0.25, 0.3) is 11.3 Å². The number of ether oxygens (including phenoxy) is 2. The van der Waals surface area contributed by atoms with Crippen molar-refractivity contribution in [3.8, 4) is 11.3 Å². The number of hydrogen-bond donors (Lipinski definition) is 2. The topological polar surface area (TPSA) is 96.7 Å². The van der Waals surface area contributed by atoms with Crippen LogP contribution in [0.1, 0.15) is 56.1 Å². The first-order valence-electron chi connectivity index (χ1n) is 13.2. The van der Waals surface area contributed by atoms with Crippen LogP contribution in [0.5, 0.6) is 0 Å². The van der Waals surface area contributed by atoms with Crippen molar-refractivity contribution < 1.29 is 14.3 Å². The number of aromatic nitrogens is 1. The summed E-state index contributed by atoms with van der Waals surface area (Å²) in [5.74, 6) is 1.71. The smallest absolute Gasteiger partial charge is 0.305 e. The first-order valence-corrected chi connectivity index (χ1v) is 16.9. The first kappa shape index (κ1) is 28.7. The molecular formula is C29H42N4O3Si. The number of methoxy groups -OCH3 is 1. The van der Waals surface area contributed by atoms with Crippen LogP contribution in [0.2, 0.25) is 25.7 Å². The van der Waals surface area contributed by atoms with Gasteiger partial charge >= 0.3 is 5.97 Å². The number of aliphatic imine (C=N–C) groups is 1. The summed E-state index contributed by atoms with van der Waals surface area (Å²) in [5.41, 5.74) is 3.95. The molecule has 7 nitrogen and oxygen atoms in total. The highest BCUT2D eigenvalue weighted by Gasteiger charge is 2.24. The normalized spacial score (nSPS) is 18.4. The number of rotatable bonds is 10. The minimum absolute atomic E-state index is 0.0992. The number of pyridine rings is 1. The van der Waals surface area contributed by atoms with Gasteiger partial charge in [0, 0.05) is 38.4 Å². The molecule has 0 bridgehead atoms. The molecule has 1 aliphatic rings. The van der Waals surface area contributed by atoms with Crippen molar-refractivity contribution in [2.24, 2.45) is 10.9 Å². The van der Waals surface area contributed by atoms with Gasteiger partial charge < -0.3 is 14.8 Å². The monoisotopic (exact) mass is 522 g/mol. The molecular weight excluding hydrogens is 480 g/mol. The van der Waals surface area contributed by atoms with Crippen LogP contribution in [0, 0.1) is 11.3 Å². The molecule has 3 rings (SSSR count). The molecule has 1 aliphatic carbocycles. The van der Waals surface area contributed by atoms with Crippen molar-refractivity contribution in [3.63, 3.8) is 0 Å². The summed E-state index contributed by atoms with van der Waals surface area (Å²) in [4.78, 5) is 20.5. The van der Waals surface area contributed by atoms with E-state index in [0.29, 0.717) is 36.4 Å². The summed E-state index contributed by atoms with van der Waals surface area (Å²) in [7, 11) is 0.371. The third-order valence-corrected chi connectivity index (χ3v) is 8.65. The van der Waals surface area contributed by atoms with Gasteiger partial charge in [0.05, 0.1) is 12.8 Å². The highest BCUT2D eigenvalue weighted by atomic mass is 28.3. The molecule has 2 aromatic rings. The Hall–Kier alpha value is -2.84. The van der Waals surface area contributed by atoms with E-state index in [-0.39, 0.29) is 11.8 Å². The fraction of sp³-hybridized carbons (Fsp3) is 0.517. The van der Waals surface area contributed by atoms with E-state index in [1.54, 1.807) is 6.20 Å². The molecule has 0 spiro atoms. The summed E-state index contributed by atoms with van der Waals surface area (Å²) in [5, 5.41) is 11.4. The zero-order valence-electron chi connectivity index (χ0n) is 23.0. The maximum atomic E-state index is 11.5. The minimum atomic E-state index is -1.09. The molecule has 1 aromatic heterocycles. The van der Waals surface area contributed by atoms with Crippen LogP contribution in [0.3, 0.4) is 0 Å². The first-order chi connectivity index (χ1) is 17.6. The molecule has 0 aliphatic heterocycles. The predicted octanol–water partition coefficient (Wildman–Crippen LogP) is 6.23. The molecule has 1 fully saturated rings. The lowest BCUT2D eigenvalue weighted by atomic mass is 9.77. The van der Waals surface area contributed by atoms with E-state index in [4.69, 9.17) is 14.9 Å². The van der Waals surface area contributed by atoms with Gasteiger partial charge in [0.15, 0.2) is 5.84 Å². The standard InChI is InChI=1S/C29H42N4O3Si/c1-21(32-20-36-16-17-37(3,4)5)33-29(30)26-14-15-27(31-19-26)25-12-10-24(11-13-25)23-8-6-22(7-9-23)18-28(34)35-2/h10-15,19,22-23H,6-9,16-18,20H2,1-5H3,(H2,30,32,33)/t22-,23-. The number of nitrogens with zero attached hydrogens (tertiary/aromatic N) is 2. The SMILES string of the molecule is COC(=O)C[C@H]1CC[C@H](c2ccc(-c3ccc(C(=N)/N=C(/C)NCOCC[Si](C)(C)C)cn3)cc2)CC1. The van der Waals surface area contributed by atoms with Crippen LogP contribution in [0.4, 0.5) is 0 Å². The lowest BCUT2D eigenvalue weighted by Gasteiger charge is -2.28. The summed E-state index contributed by atoms with van der Waals surface area (Å²) in [6.07, 6.45) is 6.59. The molecule has 1 heterocycles. The zero-order valence-corrected chi connectivity index (χ0v) is 24.0. The average molecular weight is 523 g/mol. The number of amidine groups is 2. The third-order valence-electron chi connectivity index (χ3n) is 6.95. The lowest BCUT2D eigenvalue weighted by Crippen LogP contribution is -2.27. The van der Waals surface area contributed by atoms with Crippen molar-refractivity contribution in [1.29, 1.82) is 5.41 Å². The predicted molar refractivity (Wildman–Crippen MR) is 153 cm³/mol. The zero-order chi connectivity index (χ0) is 26.8. The number of carbonyl (C=O) groups excluding carboxylic acids is 1. The fourth-order valence-corrected chi connectivity index (χ4v) is 5.28. The Morgan fingerprint density at radius 3 is 2.41 bits per heavy atom. The molecule has 1 aromatic carbocycles. The van der Waals surface area contributed by atoms with Gasteiger partial charge in [-0.05, 0) is 68.2 Å². The van der Waals surface area contributed by atoms with Crippen LogP contribution < -0.4 is 5.32 Å². The number of esters is 1. The molecule has 2 N–H and O–H groups in total. The fourth-order valence-electron chi connectivity index (χ4n) is 4.53. The van der Waals surface area contributed by atoms with Gasteiger partial charge in [-0.3, -0.25) is 15.2 Å². The van der Waals surface area contributed by atoms with Gasteiger partial charge in [-0.1, -0.05) is 43.9 Å². The van der Waals surface area contributed by atoms with Crippen LogP contribution >= 0.6 is 0 Å². The number of nitrogens with one attached hydrogen (secondary N) is 2. The van der Waals surface area contributed by atoms with Gasteiger partial charge in [0.1, 0.15) is 12.6 Å². The maximum Gasteiger partial charge on any atom is 0.305 e. The Balaban J connectivity index is 1.49. The second-order valence-corrected chi connectivity index (χ2v) is 16.8. The third kappa shape index (κ3) is 9.52. The second kappa shape index (κ2) is 13.6. The molecule has 0 saturated heterocycles. The van der Waals surface area contributed by atoms with E-state index in [0.717, 1.165) is 49.6 Å². The molecule has 200 valence electrons. The van der Waals surface area contributed by atoms with Gasteiger partial charge in [-0.15, -0.1) is 0 Å². The Kier molecular flexibility index (Phi) is 10.6. The maximum absolute atomic E-state index is 11.5. The summed E-state index contributed by atoms with van der Waals surface area (Å²) in [6.45, 7) is 9.97. The van der Waals surface area contributed by atoms with E-state index >= 15 is 0 Å². The van der Waals surface area contributed by atoms with Gasteiger partial charge in [-0.25, -0.2) is 4.99 Å². The van der Waals surface area contributed by atoms with Gasteiger partial charge in [-0.2, -0.15) is 0 Å². The lowest BCUT2D eigenvalue weighted by molar-refractivity contribution is -0.142. The molecule has 8 heteroatoms. The second-order valence-electron chi connectivity index (χ2n) is 11.1. The number of carbonyl (C=O) groups is 1. The Bertz CT molecular complexity index is 1050. The van der Waals surface area contributed by atoms with Gasteiger partial charge in [0.2, 0.25) is 0 Å². The largest absolute Gasteiger partial charge is 0.469 e. The van der Waals surface area contributed by atoms with E-state index in [1.807, 2.05) is 19.1 Å². The average Bonchev–Trinajstić information content (AvgIpc) is 2.88. The van der Waals surface area contributed by atoms with E-state index in [2.05, 4.69) is 59.2 Å². The quantitative estimate of drug-likeness (QED) is 0.0963. The molecule has 1 saturated carbocycles. The molecule has 0 amide bonds. The van der Waals surface area contributed by atoms with E-state index < -0.39 is 8.07 Å². The van der Waals surface area contributed by atoms with Crippen LogP contribution in [-0.2, 0) is 14.3 Å².